The maximum Gasteiger partial charge on any atom is 0.179 e. The molecular weight excluding hydrogens is 160 g/mol. The van der Waals surface area contributed by atoms with E-state index in [-0.39, 0.29) is 0 Å². The first-order valence-corrected chi connectivity index (χ1v) is 3.72. The summed E-state index contributed by atoms with van der Waals surface area (Å²) >= 11 is 0. The van der Waals surface area contributed by atoms with Crippen LogP contribution in [0.3, 0.4) is 0 Å². The molecule has 1 saturated carbocycles. The summed E-state index contributed by atoms with van der Waals surface area (Å²) in [6.07, 6.45) is -1.29. The van der Waals surface area contributed by atoms with Gasteiger partial charge in [0.2, 0.25) is 0 Å². The topological polar surface area (TPSA) is 71.4 Å². The smallest absolute Gasteiger partial charge is 0.179 e. The molecule has 0 spiro atoms. The Morgan fingerprint density at radius 3 is 2.00 bits per heavy atom. The number of carbonyl (C=O) groups excluding carboxylic acids is 3. The standard InChI is InChI=1S/C8H10O4/c1-3-6(10)5(4(2)9)8(12)7(3)11/h3,5,7,11H,1-2H3/t3-,5?,7-/m1/s1. The van der Waals surface area contributed by atoms with Crippen LogP contribution in [0.1, 0.15) is 13.8 Å². The molecule has 0 aliphatic heterocycles. The van der Waals surface area contributed by atoms with Crippen LogP contribution in [0.4, 0.5) is 0 Å². The van der Waals surface area contributed by atoms with Gasteiger partial charge in [-0.1, -0.05) is 6.92 Å². The van der Waals surface area contributed by atoms with Gasteiger partial charge in [-0.15, -0.1) is 0 Å². The van der Waals surface area contributed by atoms with E-state index < -0.39 is 35.3 Å². The molecule has 0 aromatic rings. The zero-order valence-electron chi connectivity index (χ0n) is 6.90. The fourth-order valence-electron chi connectivity index (χ4n) is 1.38. The number of aliphatic hydroxyl groups excluding tert-OH is 1. The lowest BCUT2D eigenvalue weighted by Crippen LogP contribution is -2.25. The summed E-state index contributed by atoms with van der Waals surface area (Å²) in [6.45, 7) is 2.64. The van der Waals surface area contributed by atoms with Gasteiger partial charge in [-0.2, -0.15) is 0 Å². The van der Waals surface area contributed by atoms with Crippen LogP contribution in [-0.4, -0.2) is 28.6 Å². The van der Waals surface area contributed by atoms with Crippen molar-refractivity contribution < 1.29 is 19.5 Å². The van der Waals surface area contributed by atoms with Crippen molar-refractivity contribution >= 4 is 17.3 Å². The second-order valence-electron chi connectivity index (χ2n) is 3.08. The molecule has 12 heavy (non-hydrogen) atoms. The first-order chi connectivity index (χ1) is 5.46. The highest BCUT2D eigenvalue weighted by molar-refractivity contribution is 6.25. The quantitative estimate of drug-likeness (QED) is 0.530. The summed E-state index contributed by atoms with van der Waals surface area (Å²) in [5.41, 5.74) is 0. The lowest BCUT2D eigenvalue weighted by atomic mass is 10.0. The lowest BCUT2D eigenvalue weighted by Gasteiger charge is -2.01. The van der Waals surface area contributed by atoms with E-state index in [1.807, 2.05) is 0 Å². The van der Waals surface area contributed by atoms with Crippen molar-refractivity contribution in [3.8, 4) is 0 Å². The summed E-state index contributed by atoms with van der Waals surface area (Å²) in [6, 6.07) is 0. The maximum absolute atomic E-state index is 11.2. The van der Waals surface area contributed by atoms with Crippen molar-refractivity contribution in [3.63, 3.8) is 0 Å². The largest absolute Gasteiger partial charge is 0.385 e. The Morgan fingerprint density at radius 2 is 1.83 bits per heavy atom. The van der Waals surface area contributed by atoms with Gasteiger partial charge in [0.05, 0.1) is 0 Å². The highest BCUT2D eigenvalue weighted by atomic mass is 16.3. The number of carbonyl (C=O) groups is 3. The minimum Gasteiger partial charge on any atom is -0.385 e. The van der Waals surface area contributed by atoms with Crippen molar-refractivity contribution in [1.82, 2.24) is 0 Å². The van der Waals surface area contributed by atoms with Gasteiger partial charge in [0.25, 0.3) is 0 Å². The van der Waals surface area contributed by atoms with Crippen LogP contribution in [0, 0.1) is 11.8 Å². The van der Waals surface area contributed by atoms with Crippen LogP contribution in [0.5, 0.6) is 0 Å². The van der Waals surface area contributed by atoms with Gasteiger partial charge in [-0.25, -0.2) is 0 Å². The van der Waals surface area contributed by atoms with E-state index in [4.69, 9.17) is 5.11 Å². The third-order valence-electron chi connectivity index (χ3n) is 2.19. The fourth-order valence-corrected chi connectivity index (χ4v) is 1.38. The van der Waals surface area contributed by atoms with Crippen molar-refractivity contribution in [2.75, 3.05) is 0 Å². The number of aliphatic hydroxyl groups is 1. The Balaban J connectivity index is 2.99. The van der Waals surface area contributed by atoms with Crippen molar-refractivity contribution in [2.45, 2.75) is 20.0 Å². The Morgan fingerprint density at radius 1 is 1.33 bits per heavy atom. The van der Waals surface area contributed by atoms with Gasteiger partial charge in [0.15, 0.2) is 11.6 Å². The Bertz CT molecular complexity index is 236. The predicted molar refractivity (Wildman–Crippen MR) is 39.4 cm³/mol. The molecule has 66 valence electrons. The Hall–Kier alpha value is -1.03. The third-order valence-corrected chi connectivity index (χ3v) is 2.19. The van der Waals surface area contributed by atoms with Crippen LogP contribution < -0.4 is 0 Å². The van der Waals surface area contributed by atoms with Crippen LogP contribution in [0.2, 0.25) is 0 Å². The molecule has 4 nitrogen and oxygen atoms in total. The van der Waals surface area contributed by atoms with Gasteiger partial charge in [0.1, 0.15) is 17.8 Å². The lowest BCUT2D eigenvalue weighted by molar-refractivity contribution is -0.136. The number of Topliss-reactive ketones (excluding diaryl/α,β-unsaturated/α-hetero) is 3. The summed E-state index contributed by atoms with van der Waals surface area (Å²) in [5.74, 6) is -3.53. The van der Waals surface area contributed by atoms with Crippen LogP contribution >= 0.6 is 0 Å². The molecular formula is C8H10O4. The Kier molecular flexibility index (Phi) is 2.10. The maximum atomic E-state index is 11.2. The molecule has 0 aromatic carbocycles. The molecule has 0 bridgehead atoms. The molecule has 1 fully saturated rings. The average molecular weight is 170 g/mol. The third kappa shape index (κ3) is 1.08. The summed E-state index contributed by atoms with van der Waals surface area (Å²) in [5, 5.41) is 9.13. The molecule has 1 rings (SSSR count). The average Bonchev–Trinajstić information content (AvgIpc) is 2.16. The zero-order chi connectivity index (χ0) is 9.46. The molecule has 1 N–H and O–H groups in total. The van der Waals surface area contributed by atoms with Crippen LogP contribution in [0.25, 0.3) is 0 Å². The molecule has 3 atom stereocenters. The molecule has 1 aliphatic carbocycles. The second-order valence-corrected chi connectivity index (χ2v) is 3.08. The van der Waals surface area contributed by atoms with Gasteiger partial charge in [0, 0.05) is 5.92 Å². The number of rotatable bonds is 1. The first kappa shape index (κ1) is 9.06. The molecule has 0 radical (unpaired) electrons. The molecule has 0 aromatic heterocycles. The first-order valence-electron chi connectivity index (χ1n) is 3.72. The SMILES string of the molecule is CC(=O)C1C(=O)[C@@H](C)[C@@H](O)C1=O. The van der Waals surface area contributed by atoms with Crippen LogP contribution in [0.15, 0.2) is 0 Å². The van der Waals surface area contributed by atoms with Gasteiger partial charge >= 0.3 is 0 Å². The second kappa shape index (κ2) is 2.79. The molecule has 4 heteroatoms. The normalized spacial score (nSPS) is 35.8. The van der Waals surface area contributed by atoms with Crippen molar-refractivity contribution in [1.29, 1.82) is 0 Å². The minimum atomic E-state index is -1.29. The van der Waals surface area contributed by atoms with Crippen molar-refractivity contribution in [3.05, 3.63) is 0 Å². The van der Waals surface area contributed by atoms with E-state index >= 15 is 0 Å². The molecule has 1 unspecified atom stereocenters. The summed E-state index contributed by atoms with van der Waals surface area (Å²) in [4.78, 5) is 33.0. The molecule has 0 heterocycles. The van der Waals surface area contributed by atoms with Crippen molar-refractivity contribution in [2.24, 2.45) is 11.8 Å². The van der Waals surface area contributed by atoms with Crippen LogP contribution in [-0.2, 0) is 14.4 Å². The highest BCUT2D eigenvalue weighted by Gasteiger charge is 2.48. The van der Waals surface area contributed by atoms with Gasteiger partial charge < -0.3 is 5.11 Å². The van der Waals surface area contributed by atoms with E-state index in [0.717, 1.165) is 0 Å². The monoisotopic (exact) mass is 170 g/mol. The van der Waals surface area contributed by atoms with E-state index in [9.17, 15) is 14.4 Å². The molecule has 0 saturated heterocycles. The van der Waals surface area contributed by atoms with E-state index in [1.54, 1.807) is 0 Å². The molecule has 1 aliphatic rings. The zero-order valence-corrected chi connectivity index (χ0v) is 6.90. The predicted octanol–water partition coefficient (Wildman–Crippen LogP) is -0.660. The highest BCUT2D eigenvalue weighted by Crippen LogP contribution is 2.24. The molecule has 0 amide bonds. The van der Waals surface area contributed by atoms with Gasteiger partial charge in [-0.05, 0) is 6.92 Å². The van der Waals surface area contributed by atoms with E-state index in [0.29, 0.717) is 0 Å². The minimum absolute atomic E-state index is 0.458. The number of hydrogen-bond acceptors (Lipinski definition) is 4. The van der Waals surface area contributed by atoms with E-state index in [2.05, 4.69) is 0 Å². The van der Waals surface area contributed by atoms with Gasteiger partial charge in [-0.3, -0.25) is 14.4 Å². The summed E-state index contributed by atoms with van der Waals surface area (Å²) < 4.78 is 0. The fraction of sp³-hybridized carbons (Fsp3) is 0.625. The van der Waals surface area contributed by atoms with E-state index in [1.165, 1.54) is 13.8 Å². The number of ketones is 3. The summed E-state index contributed by atoms with van der Waals surface area (Å²) in [7, 11) is 0. The Labute approximate surface area is 69.6 Å². The number of hydrogen-bond donors (Lipinski definition) is 1.